The van der Waals surface area contributed by atoms with Crippen LogP contribution in [-0.2, 0) is 11.3 Å². The second-order valence-electron chi connectivity index (χ2n) is 4.61. The van der Waals surface area contributed by atoms with Gasteiger partial charge in [-0.1, -0.05) is 17.7 Å². The van der Waals surface area contributed by atoms with Gasteiger partial charge in [-0.3, -0.25) is 14.6 Å². The van der Waals surface area contributed by atoms with E-state index in [9.17, 15) is 9.59 Å². The Labute approximate surface area is 133 Å². The van der Waals surface area contributed by atoms with Gasteiger partial charge in [0, 0.05) is 29.7 Å². The molecule has 0 bridgehead atoms. The van der Waals surface area contributed by atoms with E-state index in [2.05, 4.69) is 15.6 Å². The molecule has 0 aliphatic heterocycles. The van der Waals surface area contributed by atoms with Gasteiger partial charge < -0.3 is 10.6 Å². The number of carbonyl (C=O) groups excluding carboxylic acids is 2. The van der Waals surface area contributed by atoms with Gasteiger partial charge in [0.25, 0.3) is 5.91 Å². The molecule has 0 saturated carbocycles. The van der Waals surface area contributed by atoms with Crippen molar-refractivity contribution in [2.75, 3.05) is 6.54 Å². The highest BCUT2D eigenvalue weighted by Gasteiger charge is 2.06. The lowest BCUT2D eigenvalue weighted by molar-refractivity contribution is -0.121. The Balaban J connectivity index is 1.68. The largest absolute Gasteiger partial charge is 0.352 e. The summed E-state index contributed by atoms with van der Waals surface area (Å²) in [7, 11) is 0. The normalized spacial score (nSPS) is 10.0. The molecule has 1 aromatic heterocycles. The van der Waals surface area contributed by atoms with Crippen LogP contribution in [-0.4, -0.2) is 23.3 Å². The van der Waals surface area contributed by atoms with Crippen LogP contribution in [0.2, 0.25) is 5.02 Å². The molecular weight excluding hydrogens is 302 g/mol. The molecule has 0 unspecified atom stereocenters. The van der Waals surface area contributed by atoms with Crippen molar-refractivity contribution < 1.29 is 9.59 Å². The lowest BCUT2D eigenvalue weighted by atomic mass is 10.2. The van der Waals surface area contributed by atoms with E-state index in [0.29, 0.717) is 17.1 Å². The highest BCUT2D eigenvalue weighted by Crippen LogP contribution is 2.09. The number of aromatic nitrogens is 1. The van der Waals surface area contributed by atoms with Crippen LogP contribution in [0.1, 0.15) is 22.5 Å². The minimum Gasteiger partial charge on any atom is -0.352 e. The van der Waals surface area contributed by atoms with Gasteiger partial charge in [0.1, 0.15) is 0 Å². The summed E-state index contributed by atoms with van der Waals surface area (Å²) in [5.41, 5.74) is 1.30. The molecule has 5 nitrogen and oxygen atoms in total. The third-order valence-electron chi connectivity index (χ3n) is 2.94. The molecule has 1 heterocycles. The Morgan fingerprint density at radius 3 is 2.50 bits per heavy atom. The van der Waals surface area contributed by atoms with Crippen molar-refractivity contribution in [3.63, 3.8) is 0 Å². The van der Waals surface area contributed by atoms with Gasteiger partial charge in [0.2, 0.25) is 5.91 Å². The van der Waals surface area contributed by atoms with E-state index in [1.807, 2.05) is 18.2 Å². The van der Waals surface area contributed by atoms with Crippen molar-refractivity contribution in [2.24, 2.45) is 0 Å². The SMILES string of the molecule is O=C(CCNC(=O)c1ccc(Cl)cc1)NCc1ccccn1. The van der Waals surface area contributed by atoms with Crippen molar-refractivity contribution in [2.45, 2.75) is 13.0 Å². The lowest BCUT2D eigenvalue weighted by Crippen LogP contribution is -2.30. The van der Waals surface area contributed by atoms with Crippen LogP contribution in [0.25, 0.3) is 0 Å². The summed E-state index contributed by atoms with van der Waals surface area (Å²) in [5.74, 6) is -0.365. The molecule has 0 aliphatic carbocycles. The average molecular weight is 318 g/mol. The molecule has 0 aliphatic rings. The fraction of sp³-hybridized carbons (Fsp3) is 0.188. The quantitative estimate of drug-likeness (QED) is 0.857. The first-order chi connectivity index (χ1) is 10.6. The molecule has 2 rings (SSSR count). The first-order valence-corrected chi connectivity index (χ1v) is 7.23. The van der Waals surface area contributed by atoms with Gasteiger partial charge >= 0.3 is 0 Å². The second-order valence-corrected chi connectivity index (χ2v) is 5.05. The summed E-state index contributed by atoms with van der Waals surface area (Å²) in [5, 5.41) is 6.01. The third-order valence-corrected chi connectivity index (χ3v) is 3.19. The predicted molar refractivity (Wildman–Crippen MR) is 84.5 cm³/mol. The smallest absolute Gasteiger partial charge is 0.251 e. The van der Waals surface area contributed by atoms with Gasteiger partial charge in [-0.05, 0) is 36.4 Å². The molecule has 2 N–H and O–H groups in total. The van der Waals surface area contributed by atoms with Crippen LogP contribution in [0.4, 0.5) is 0 Å². The molecule has 114 valence electrons. The fourth-order valence-electron chi connectivity index (χ4n) is 1.77. The third kappa shape index (κ3) is 5.18. The molecule has 0 fully saturated rings. The number of carbonyl (C=O) groups is 2. The number of benzene rings is 1. The standard InChI is InChI=1S/C16H16ClN3O2/c17-13-6-4-12(5-7-13)16(22)19-10-8-15(21)20-11-14-3-1-2-9-18-14/h1-7,9H,8,10-11H2,(H,19,22)(H,20,21). The number of nitrogens with one attached hydrogen (secondary N) is 2. The van der Waals surface area contributed by atoms with Crippen molar-refractivity contribution in [3.8, 4) is 0 Å². The van der Waals surface area contributed by atoms with Crippen molar-refractivity contribution >= 4 is 23.4 Å². The summed E-state index contributed by atoms with van der Waals surface area (Å²) < 4.78 is 0. The van der Waals surface area contributed by atoms with Crippen LogP contribution in [0.3, 0.4) is 0 Å². The van der Waals surface area contributed by atoms with E-state index in [1.165, 1.54) is 0 Å². The first-order valence-electron chi connectivity index (χ1n) is 6.85. The minimum atomic E-state index is -0.228. The molecule has 22 heavy (non-hydrogen) atoms. The fourth-order valence-corrected chi connectivity index (χ4v) is 1.90. The highest BCUT2D eigenvalue weighted by molar-refractivity contribution is 6.30. The van der Waals surface area contributed by atoms with Crippen LogP contribution >= 0.6 is 11.6 Å². The molecule has 0 saturated heterocycles. The molecule has 6 heteroatoms. The summed E-state index contributed by atoms with van der Waals surface area (Å²) in [4.78, 5) is 27.6. The Hall–Kier alpha value is -2.40. The van der Waals surface area contributed by atoms with Crippen molar-refractivity contribution in [3.05, 3.63) is 64.9 Å². The Morgan fingerprint density at radius 2 is 1.82 bits per heavy atom. The van der Waals surface area contributed by atoms with Crippen molar-refractivity contribution in [1.29, 1.82) is 0 Å². The van der Waals surface area contributed by atoms with E-state index in [4.69, 9.17) is 11.6 Å². The number of pyridine rings is 1. The summed E-state index contributed by atoms with van der Waals surface area (Å²) in [6, 6.07) is 12.1. The molecule has 0 atom stereocenters. The predicted octanol–water partition coefficient (Wildman–Crippen LogP) is 2.17. The zero-order chi connectivity index (χ0) is 15.8. The van der Waals surface area contributed by atoms with E-state index in [1.54, 1.807) is 30.5 Å². The number of hydrogen-bond acceptors (Lipinski definition) is 3. The number of halogens is 1. The highest BCUT2D eigenvalue weighted by atomic mass is 35.5. The Kier molecular flexibility index (Phi) is 5.91. The summed E-state index contributed by atoms with van der Waals surface area (Å²) in [6.07, 6.45) is 1.89. The maximum absolute atomic E-state index is 11.8. The van der Waals surface area contributed by atoms with E-state index >= 15 is 0 Å². The van der Waals surface area contributed by atoms with Gasteiger partial charge in [-0.25, -0.2) is 0 Å². The van der Waals surface area contributed by atoms with E-state index in [0.717, 1.165) is 5.69 Å². The summed E-state index contributed by atoms with van der Waals surface area (Å²) in [6.45, 7) is 0.653. The molecule has 0 spiro atoms. The number of hydrogen-bond donors (Lipinski definition) is 2. The zero-order valence-corrected chi connectivity index (χ0v) is 12.6. The van der Waals surface area contributed by atoms with Crippen molar-refractivity contribution in [1.82, 2.24) is 15.6 Å². The monoisotopic (exact) mass is 317 g/mol. The average Bonchev–Trinajstić information content (AvgIpc) is 2.54. The Bertz CT molecular complexity index is 630. The van der Waals surface area contributed by atoms with Crippen LogP contribution < -0.4 is 10.6 Å². The Morgan fingerprint density at radius 1 is 1.05 bits per heavy atom. The molecule has 2 amide bonds. The maximum Gasteiger partial charge on any atom is 0.251 e. The molecule has 0 radical (unpaired) electrons. The zero-order valence-electron chi connectivity index (χ0n) is 11.9. The van der Waals surface area contributed by atoms with Gasteiger partial charge in [-0.15, -0.1) is 0 Å². The minimum absolute atomic E-state index is 0.137. The number of amides is 2. The number of rotatable bonds is 6. The van der Waals surface area contributed by atoms with Gasteiger partial charge in [0.05, 0.1) is 12.2 Å². The topological polar surface area (TPSA) is 71.1 Å². The van der Waals surface area contributed by atoms with Crippen LogP contribution in [0.15, 0.2) is 48.7 Å². The van der Waals surface area contributed by atoms with E-state index < -0.39 is 0 Å². The van der Waals surface area contributed by atoms with Gasteiger partial charge in [-0.2, -0.15) is 0 Å². The lowest BCUT2D eigenvalue weighted by Gasteiger charge is -2.06. The maximum atomic E-state index is 11.8. The summed E-state index contributed by atoms with van der Waals surface area (Å²) >= 11 is 5.76. The first kappa shape index (κ1) is 16.0. The second kappa shape index (κ2) is 8.14. The molecular formula is C16H16ClN3O2. The van der Waals surface area contributed by atoms with Crippen LogP contribution in [0, 0.1) is 0 Å². The van der Waals surface area contributed by atoms with Crippen LogP contribution in [0.5, 0.6) is 0 Å². The molecule has 2 aromatic rings. The number of nitrogens with zero attached hydrogens (tertiary/aromatic N) is 1. The molecule has 1 aromatic carbocycles. The van der Waals surface area contributed by atoms with Gasteiger partial charge in [0.15, 0.2) is 0 Å². The van der Waals surface area contributed by atoms with E-state index in [-0.39, 0.29) is 24.8 Å².